The van der Waals surface area contributed by atoms with Gasteiger partial charge in [-0.15, -0.1) is 0 Å². The van der Waals surface area contributed by atoms with Crippen molar-refractivity contribution < 1.29 is 4.74 Å². The first-order chi connectivity index (χ1) is 9.06. The second-order valence-electron chi connectivity index (χ2n) is 4.38. The minimum Gasteiger partial charge on any atom is -0.489 e. The van der Waals surface area contributed by atoms with Crippen LogP contribution in [0.3, 0.4) is 0 Å². The summed E-state index contributed by atoms with van der Waals surface area (Å²) in [7, 11) is 0. The number of ether oxygens (including phenoxy) is 1. The summed E-state index contributed by atoms with van der Waals surface area (Å²) in [6, 6.07) is 9.30. The van der Waals surface area contributed by atoms with E-state index in [1.165, 1.54) is 0 Å². The standard InChI is InChI=1S/C14H16ClN3O/c1-9(2)19-13-6-4-3-5-12(13)18-14-11(16)7-10(15)8-17-14/h3-9H,16H2,1-2H3,(H,17,18). The third-order valence-electron chi connectivity index (χ3n) is 2.39. The van der Waals surface area contributed by atoms with E-state index in [2.05, 4.69) is 10.3 Å². The Balaban J connectivity index is 2.27. The summed E-state index contributed by atoms with van der Waals surface area (Å²) in [5.41, 5.74) is 7.18. The third kappa shape index (κ3) is 3.51. The molecule has 0 radical (unpaired) electrons. The number of anilines is 3. The SMILES string of the molecule is CC(C)Oc1ccccc1Nc1ncc(Cl)cc1N. The molecule has 3 N–H and O–H groups in total. The summed E-state index contributed by atoms with van der Waals surface area (Å²) in [6.07, 6.45) is 1.64. The van der Waals surface area contributed by atoms with Crippen LogP contribution in [0.5, 0.6) is 5.75 Å². The fraction of sp³-hybridized carbons (Fsp3) is 0.214. The maximum Gasteiger partial charge on any atom is 0.153 e. The van der Waals surface area contributed by atoms with Gasteiger partial charge in [0.15, 0.2) is 5.82 Å². The number of hydrogen-bond acceptors (Lipinski definition) is 4. The van der Waals surface area contributed by atoms with Crippen LogP contribution in [0, 0.1) is 0 Å². The number of benzene rings is 1. The van der Waals surface area contributed by atoms with E-state index in [1.807, 2.05) is 38.1 Å². The normalized spacial score (nSPS) is 10.5. The van der Waals surface area contributed by atoms with Crippen LogP contribution in [0.15, 0.2) is 36.5 Å². The Hall–Kier alpha value is -1.94. The van der Waals surface area contributed by atoms with E-state index in [9.17, 15) is 0 Å². The molecule has 1 aromatic carbocycles. The highest BCUT2D eigenvalue weighted by Gasteiger charge is 2.08. The van der Waals surface area contributed by atoms with Gasteiger partial charge >= 0.3 is 0 Å². The van der Waals surface area contributed by atoms with E-state index in [0.29, 0.717) is 16.5 Å². The summed E-state index contributed by atoms with van der Waals surface area (Å²) in [4.78, 5) is 4.17. The molecule has 4 nitrogen and oxygen atoms in total. The summed E-state index contributed by atoms with van der Waals surface area (Å²) >= 11 is 5.83. The van der Waals surface area contributed by atoms with Crippen molar-refractivity contribution in [3.8, 4) is 5.75 Å². The molecule has 0 bridgehead atoms. The molecule has 1 heterocycles. The van der Waals surface area contributed by atoms with E-state index in [0.717, 1.165) is 11.4 Å². The Morgan fingerprint density at radius 1 is 1.32 bits per heavy atom. The Kier molecular flexibility index (Phi) is 4.12. The van der Waals surface area contributed by atoms with Crippen molar-refractivity contribution in [2.24, 2.45) is 0 Å². The average molecular weight is 278 g/mol. The fourth-order valence-corrected chi connectivity index (χ4v) is 1.78. The van der Waals surface area contributed by atoms with Gasteiger partial charge in [-0.05, 0) is 32.0 Å². The Bertz CT molecular complexity index is 572. The number of halogens is 1. The Morgan fingerprint density at radius 2 is 2.05 bits per heavy atom. The summed E-state index contributed by atoms with van der Waals surface area (Å²) in [5.74, 6) is 1.32. The van der Waals surface area contributed by atoms with Gasteiger partial charge < -0.3 is 15.8 Å². The lowest BCUT2D eigenvalue weighted by molar-refractivity contribution is 0.244. The van der Waals surface area contributed by atoms with Crippen LogP contribution >= 0.6 is 11.6 Å². The number of para-hydroxylation sites is 2. The molecule has 0 atom stereocenters. The van der Waals surface area contributed by atoms with Crippen LogP contribution in [0.4, 0.5) is 17.2 Å². The maximum absolute atomic E-state index is 5.87. The molecule has 2 aromatic rings. The second-order valence-corrected chi connectivity index (χ2v) is 4.82. The van der Waals surface area contributed by atoms with Crippen molar-refractivity contribution in [2.75, 3.05) is 11.1 Å². The van der Waals surface area contributed by atoms with Crippen molar-refractivity contribution in [1.29, 1.82) is 0 Å². The average Bonchev–Trinajstić information content (AvgIpc) is 2.34. The second kappa shape index (κ2) is 5.80. The molecule has 0 fully saturated rings. The van der Waals surface area contributed by atoms with Gasteiger partial charge in [0.25, 0.3) is 0 Å². The lowest BCUT2D eigenvalue weighted by Crippen LogP contribution is -2.08. The summed E-state index contributed by atoms with van der Waals surface area (Å²) < 4.78 is 5.72. The van der Waals surface area contributed by atoms with E-state index in [4.69, 9.17) is 22.1 Å². The number of rotatable bonds is 4. The molecule has 0 aliphatic rings. The number of aromatic nitrogens is 1. The molecule has 0 aliphatic heterocycles. The minimum atomic E-state index is 0.0958. The van der Waals surface area contributed by atoms with Crippen molar-refractivity contribution in [1.82, 2.24) is 4.98 Å². The molecule has 0 aliphatic carbocycles. The number of nitrogen functional groups attached to an aromatic ring is 1. The molecular weight excluding hydrogens is 262 g/mol. The highest BCUT2D eigenvalue weighted by molar-refractivity contribution is 6.30. The Morgan fingerprint density at radius 3 is 2.74 bits per heavy atom. The highest BCUT2D eigenvalue weighted by atomic mass is 35.5. The molecule has 0 saturated heterocycles. The lowest BCUT2D eigenvalue weighted by Gasteiger charge is -2.15. The molecule has 1 aromatic heterocycles. The monoisotopic (exact) mass is 277 g/mol. The fourth-order valence-electron chi connectivity index (χ4n) is 1.61. The molecule has 19 heavy (non-hydrogen) atoms. The zero-order valence-electron chi connectivity index (χ0n) is 10.9. The molecule has 0 amide bonds. The van der Waals surface area contributed by atoms with Crippen LogP contribution in [0.1, 0.15) is 13.8 Å². The van der Waals surface area contributed by atoms with Crippen LogP contribution in [-0.2, 0) is 0 Å². The summed E-state index contributed by atoms with van der Waals surface area (Å²) in [6.45, 7) is 3.96. The number of nitrogens with two attached hydrogens (primary N) is 1. The van der Waals surface area contributed by atoms with Crippen LogP contribution in [0.25, 0.3) is 0 Å². The third-order valence-corrected chi connectivity index (χ3v) is 2.59. The van der Waals surface area contributed by atoms with Crippen LogP contribution in [0.2, 0.25) is 5.02 Å². The maximum atomic E-state index is 5.87. The predicted octanol–water partition coefficient (Wildman–Crippen LogP) is 3.85. The zero-order chi connectivity index (χ0) is 13.8. The number of nitrogens with zero attached hydrogens (tertiary/aromatic N) is 1. The zero-order valence-corrected chi connectivity index (χ0v) is 11.6. The number of hydrogen-bond donors (Lipinski definition) is 2. The van der Waals surface area contributed by atoms with Crippen molar-refractivity contribution >= 4 is 28.8 Å². The predicted molar refractivity (Wildman–Crippen MR) is 79.1 cm³/mol. The molecular formula is C14H16ClN3O. The molecule has 100 valence electrons. The first-order valence-corrected chi connectivity index (χ1v) is 6.38. The minimum absolute atomic E-state index is 0.0958. The van der Waals surface area contributed by atoms with Crippen LogP contribution in [-0.4, -0.2) is 11.1 Å². The van der Waals surface area contributed by atoms with Gasteiger partial charge in [0.1, 0.15) is 5.75 Å². The van der Waals surface area contributed by atoms with Gasteiger partial charge in [-0.1, -0.05) is 23.7 Å². The van der Waals surface area contributed by atoms with Crippen molar-refractivity contribution in [2.45, 2.75) is 20.0 Å². The van der Waals surface area contributed by atoms with E-state index < -0.39 is 0 Å². The molecule has 5 heteroatoms. The van der Waals surface area contributed by atoms with Gasteiger partial charge in [0.05, 0.1) is 22.5 Å². The first-order valence-electron chi connectivity index (χ1n) is 6.00. The molecule has 0 unspecified atom stereocenters. The smallest absolute Gasteiger partial charge is 0.153 e. The highest BCUT2D eigenvalue weighted by Crippen LogP contribution is 2.30. The van der Waals surface area contributed by atoms with Gasteiger partial charge in [-0.2, -0.15) is 0 Å². The molecule has 0 spiro atoms. The van der Waals surface area contributed by atoms with E-state index in [-0.39, 0.29) is 6.10 Å². The van der Waals surface area contributed by atoms with Gasteiger partial charge in [0.2, 0.25) is 0 Å². The van der Waals surface area contributed by atoms with Gasteiger partial charge in [0, 0.05) is 6.20 Å². The van der Waals surface area contributed by atoms with Gasteiger partial charge in [-0.25, -0.2) is 4.98 Å². The lowest BCUT2D eigenvalue weighted by atomic mass is 10.2. The number of nitrogens with one attached hydrogen (secondary N) is 1. The topological polar surface area (TPSA) is 60.2 Å². The van der Waals surface area contributed by atoms with Crippen molar-refractivity contribution in [3.05, 3.63) is 41.6 Å². The summed E-state index contributed by atoms with van der Waals surface area (Å²) in [5, 5.41) is 3.66. The Labute approximate surface area is 117 Å². The largest absolute Gasteiger partial charge is 0.489 e. The van der Waals surface area contributed by atoms with E-state index >= 15 is 0 Å². The quantitative estimate of drug-likeness (QED) is 0.891. The molecule has 0 saturated carbocycles. The van der Waals surface area contributed by atoms with E-state index in [1.54, 1.807) is 12.3 Å². The van der Waals surface area contributed by atoms with Crippen LogP contribution < -0.4 is 15.8 Å². The van der Waals surface area contributed by atoms with Gasteiger partial charge in [-0.3, -0.25) is 0 Å². The van der Waals surface area contributed by atoms with Crippen molar-refractivity contribution in [3.63, 3.8) is 0 Å². The molecule has 2 rings (SSSR count). The first kappa shape index (κ1) is 13.5. The number of pyridine rings is 1.